The van der Waals surface area contributed by atoms with Crippen LogP contribution in [0.1, 0.15) is 25.7 Å². The predicted octanol–water partition coefficient (Wildman–Crippen LogP) is 2.86. The number of rotatable bonds is 4. The lowest BCUT2D eigenvalue weighted by Crippen LogP contribution is -2.07. The minimum absolute atomic E-state index is 0.292. The molecule has 0 atom stereocenters. The number of hydrogen-bond donors (Lipinski definition) is 1. The van der Waals surface area contributed by atoms with E-state index in [0.717, 1.165) is 16.5 Å². The molecular weight excluding hydrogens is 234 g/mol. The van der Waals surface area contributed by atoms with Crippen molar-refractivity contribution < 1.29 is 5.11 Å². The highest BCUT2D eigenvalue weighted by Crippen LogP contribution is 2.25. The summed E-state index contributed by atoms with van der Waals surface area (Å²) >= 11 is 1.64. The molecule has 0 fully saturated rings. The Kier molecular flexibility index (Phi) is 3.68. The van der Waals surface area contributed by atoms with Crippen molar-refractivity contribution in [2.24, 2.45) is 0 Å². The molecular formula is C12H15N3OS. The van der Waals surface area contributed by atoms with Crippen molar-refractivity contribution in [1.29, 1.82) is 0 Å². The van der Waals surface area contributed by atoms with E-state index in [1.165, 1.54) is 0 Å². The molecule has 2 rings (SSSR count). The number of benzene rings is 1. The predicted molar refractivity (Wildman–Crippen MR) is 68.1 cm³/mol. The second-order valence-electron chi connectivity index (χ2n) is 4.00. The molecule has 0 radical (unpaired) electrons. The highest BCUT2D eigenvalue weighted by atomic mass is 32.2. The van der Waals surface area contributed by atoms with Gasteiger partial charge in [0.05, 0.1) is 5.75 Å². The van der Waals surface area contributed by atoms with Crippen LogP contribution >= 0.6 is 11.8 Å². The van der Waals surface area contributed by atoms with Crippen molar-refractivity contribution >= 4 is 11.8 Å². The van der Waals surface area contributed by atoms with E-state index in [9.17, 15) is 5.11 Å². The topological polar surface area (TPSA) is 50.9 Å². The van der Waals surface area contributed by atoms with Gasteiger partial charge in [0, 0.05) is 10.9 Å². The lowest BCUT2D eigenvalue weighted by atomic mass is 10.3. The quantitative estimate of drug-likeness (QED) is 0.846. The Labute approximate surface area is 105 Å². The lowest BCUT2D eigenvalue weighted by Gasteiger charge is -2.08. The number of nitrogens with zero attached hydrogens (tertiary/aromatic N) is 3. The van der Waals surface area contributed by atoms with Gasteiger partial charge in [-0.3, -0.25) is 0 Å². The van der Waals surface area contributed by atoms with Crippen LogP contribution in [0.5, 0.6) is 5.75 Å². The third-order valence-electron chi connectivity index (χ3n) is 2.32. The zero-order valence-electron chi connectivity index (χ0n) is 9.87. The van der Waals surface area contributed by atoms with Crippen molar-refractivity contribution in [2.45, 2.75) is 30.5 Å². The van der Waals surface area contributed by atoms with Gasteiger partial charge >= 0.3 is 0 Å². The first-order valence-electron chi connectivity index (χ1n) is 5.47. The van der Waals surface area contributed by atoms with Gasteiger partial charge < -0.3 is 5.11 Å². The van der Waals surface area contributed by atoms with Crippen molar-refractivity contribution in [1.82, 2.24) is 14.8 Å². The summed E-state index contributed by atoms with van der Waals surface area (Å²) in [6, 6.07) is 7.55. The van der Waals surface area contributed by atoms with Crippen molar-refractivity contribution in [3.63, 3.8) is 0 Å². The SMILES string of the molecule is CC(C)n1ncnc1CSc1cccc(O)c1. The van der Waals surface area contributed by atoms with Gasteiger partial charge in [-0.05, 0) is 32.0 Å². The van der Waals surface area contributed by atoms with Crippen LogP contribution in [-0.2, 0) is 5.75 Å². The van der Waals surface area contributed by atoms with E-state index in [1.54, 1.807) is 30.2 Å². The second kappa shape index (κ2) is 5.23. The Morgan fingerprint density at radius 3 is 2.94 bits per heavy atom. The molecule has 0 saturated heterocycles. The van der Waals surface area contributed by atoms with E-state index in [1.807, 2.05) is 16.8 Å². The maximum Gasteiger partial charge on any atom is 0.138 e. The summed E-state index contributed by atoms with van der Waals surface area (Å²) in [6.45, 7) is 4.16. The van der Waals surface area contributed by atoms with Crippen LogP contribution in [0.3, 0.4) is 0 Å². The van der Waals surface area contributed by atoms with Crippen molar-refractivity contribution in [2.75, 3.05) is 0 Å². The Bertz CT molecular complexity index is 496. The highest BCUT2D eigenvalue weighted by Gasteiger charge is 2.07. The molecule has 90 valence electrons. The maximum atomic E-state index is 9.37. The second-order valence-corrected chi connectivity index (χ2v) is 5.05. The molecule has 0 bridgehead atoms. The van der Waals surface area contributed by atoms with Gasteiger partial charge in [-0.25, -0.2) is 9.67 Å². The van der Waals surface area contributed by atoms with Crippen LogP contribution in [0, 0.1) is 0 Å². The summed E-state index contributed by atoms with van der Waals surface area (Å²) in [5.74, 6) is 2.00. The van der Waals surface area contributed by atoms with Gasteiger partial charge in [0.25, 0.3) is 0 Å². The minimum Gasteiger partial charge on any atom is -0.508 e. The largest absolute Gasteiger partial charge is 0.508 e. The smallest absolute Gasteiger partial charge is 0.138 e. The van der Waals surface area contributed by atoms with E-state index in [0.29, 0.717) is 11.8 Å². The van der Waals surface area contributed by atoms with E-state index in [-0.39, 0.29) is 0 Å². The average Bonchev–Trinajstić information content (AvgIpc) is 2.74. The molecule has 1 heterocycles. The number of aromatic nitrogens is 3. The van der Waals surface area contributed by atoms with Crippen LogP contribution in [0.4, 0.5) is 0 Å². The normalized spacial score (nSPS) is 11.0. The number of hydrogen-bond acceptors (Lipinski definition) is 4. The van der Waals surface area contributed by atoms with Gasteiger partial charge in [-0.15, -0.1) is 11.8 Å². The minimum atomic E-state index is 0.292. The van der Waals surface area contributed by atoms with Crippen LogP contribution in [0.2, 0.25) is 0 Å². The Hall–Kier alpha value is -1.49. The van der Waals surface area contributed by atoms with E-state index in [2.05, 4.69) is 23.9 Å². The molecule has 1 aromatic heterocycles. The van der Waals surface area contributed by atoms with Crippen molar-refractivity contribution in [3.05, 3.63) is 36.4 Å². The fourth-order valence-corrected chi connectivity index (χ4v) is 2.41. The first kappa shape index (κ1) is 12.0. The summed E-state index contributed by atoms with van der Waals surface area (Å²) in [4.78, 5) is 5.27. The summed E-state index contributed by atoms with van der Waals surface area (Å²) in [5, 5.41) is 13.6. The van der Waals surface area contributed by atoms with Crippen LogP contribution in [0.25, 0.3) is 0 Å². The number of thioether (sulfide) groups is 1. The Balaban J connectivity index is 2.05. The molecule has 0 unspecified atom stereocenters. The molecule has 0 aliphatic heterocycles. The molecule has 1 N–H and O–H groups in total. The maximum absolute atomic E-state index is 9.37. The van der Waals surface area contributed by atoms with E-state index >= 15 is 0 Å². The van der Waals surface area contributed by atoms with Gasteiger partial charge in [0.15, 0.2) is 0 Å². The lowest BCUT2D eigenvalue weighted by molar-refractivity contribution is 0.474. The Morgan fingerprint density at radius 2 is 2.24 bits per heavy atom. The number of phenolic OH excluding ortho intramolecular Hbond substituents is 1. The van der Waals surface area contributed by atoms with Crippen LogP contribution in [0.15, 0.2) is 35.5 Å². The molecule has 1 aromatic carbocycles. The Morgan fingerprint density at radius 1 is 1.41 bits per heavy atom. The molecule has 0 aliphatic carbocycles. The highest BCUT2D eigenvalue weighted by molar-refractivity contribution is 7.98. The number of phenols is 1. The first-order chi connectivity index (χ1) is 8.16. The van der Waals surface area contributed by atoms with Gasteiger partial charge in [-0.2, -0.15) is 5.10 Å². The molecule has 17 heavy (non-hydrogen) atoms. The molecule has 2 aromatic rings. The number of aromatic hydroxyl groups is 1. The third kappa shape index (κ3) is 3.00. The van der Waals surface area contributed by atoms with Gasteiger partial charge in [-0.1, -0.05) is 6.07 Å². The summed E-state index contributed by atoms with van der Waals surface area (Å²) in [5.41, 5.74) is 0. The standard InChI is InChI=1S/C12H15N3OS/c1-9(2)15-12(13-8-14-15)7-17-11-5-3-4-10(16)6-11/h3-6,8-9,16H,7H2,1-2H3. The summed E-state index contributed by atoms with van der Waals surface area (Å²) in [6.07, 6.45) is 1.58. The van der Waals surface area contributed by atoms with E-state index in [4.69, 9.17) is 0 Å². The molecule has 0 spiro atoms. The summed E-state index contributed by atoms with van der Waals surface area (Å²) < 4.78 is 1.91. The monoisotopic (exact) mass is 249 g/mol. The zero-order chi connectivity index (χ0) is 12.3. The summed E-state index contributed by atoms with van der Waals surface area (Å²) in [7, 11) is 0. The van der Waals surface area contributed by atoms with E-state index < -0.39 is 0 Å². The van der Waals surface area contributed by atoms with Gasteiger partial charge in [0.2, 0.25) is 0 Å². The molecule has 5 heteroatoms. The van der Waals surface area contributed by atoms with Crippen LogP contribution < -0.4 is 0 Å². The molecule has 0 amide bonds. The third-order valence-corrected chi connectivity index (χ3v) is 3.31. The van der Waals surface area contributed by atoms with Crippen LogP contribution in [-0.4, -0.2) is 19.9 Å². The fraction of sp³-hybridized carbons (Fsp3) is 0.333. The van der Waals surface area contributed by atoms with Crippen molar-refractivity contribution in [3.8, 4) is 5.75 Å². The first-order valence-corrected chi connectivity index (χ1v) is 6.45. The molecule has 0 aliphatic rings. The average molecular weight is 249 g/mol. The molecule has 0 saturated carbocycles. The zero-order valence-corrected chi connectivity index (χ0v) is 10.7. The molecule has 4 nitrogen and oxygen atoms in total. The van der Waals surface area contributed by atoms with Gasteiger partial charge in [0.1, 0.15) is 17.9 Å². The fourth-order valence-electron chi connectivity index (χ4n) is 1.53.